The smallest absolute Gasteiger partial charge is 0.283 e. The third-order valence-corrected chi connectivity index (χ3v) is 3.04. The average molecular weight is 318 g/mol. The van der Waals surface area contributed by atoms with Crippen molar-refractivity contribution < 1.29 is 24.2 Å². The van der Waals surface area contributed by atoms with Crippen LogP contribution < -0.4 is 19.7 Å². The molecule has 2 aromatic rings. The molecule has 1 aromatic carbocycles. The molecule has 1 heterocycles. The number of amides is 1. The highest BCUT2D eigenvalue weighted by atomic mass is 16.5. The van der Waals surface area contributed by atoms with Crippen LogP contribution in [0.25, 0.3) is 0 Å². The maximum absolute atomic E-state index is 12.5. The Labute approximate surface area is 133 Å². The molecule has 122 valence electrons. The molecule has 0 atom stereocenters. The van der Waals surface area contributed by atoms with Gasteiger partial charge in [-0.05, 0) is 25.1 Å². The van der Waals surface area contributed by atoms with Crippen LogP contribution in [0.4, 0.5) is 0 Å². The van der Waals surface area contributed by atoms with Crippen molar-refractivity contribution in [3.05, 3.63) is 47.6 Å². The minimum atomic E-state index is -0.584. The molecular weight excluding hydrogens is 300 g/mol. The highest BCUT2D eigenvalue weighted by molar-refractivity contribution is 5.99. The first-order valence-electron chi connectivity index (χ1n) is 6.95. The van der Waals surface area contributed by atoms with Crippen molar-refractivity contribution in [1.82, 2.24) is 4.73 Å². The molecule has 2 rings (SSSR count). The van der Waals surface area contributed by atoms with E-state index in [0.717, 1.165) is 4.73 Å². The first-order chi connectivity index (χ1) is 11.1. The molecule has 7 heteroatoms. The number of aromatic nitrogens is 1. The number of ether oxygens (including phenoxy) is 3. The maximum atomic E-state index is 12.5. The fourth-order valence-electron chi connectivity index (χ4n) is 1.98. The van der Waals surface area contributed by atoms with E-state index < -0.39 is 5.91 Å². The molecule has 0 aliphatic carbocycles. The van der Waals surface area contributed by atoms with E-state index in [2.05, 4.69) is 4.99 Å². The SMILES string of the molecule is CCOc1c(OC)cc(OC)cc1C(=O)N=c1ccccn1O. The lowest BCUT2D eigenvalue weighted by atomic mass is 10.1. The molecule has 23 heavy (non-hydrogen) atoms. The zero-order chi connectivity index (χ0) is 16.8. The summed E-state index contributed by atoms with van der Waals surface area (Å²) in [6.07, 6.45) is 1.38. The van der Waals surface area contributed by atoms with Gasteiger partial charge in [0.25, 0.3) is 5.91 Å². The van der Waals surface area contributed by atoms with Crippen molar-refractivity contribution in [2.24, 2.45) is 4.99 Å². The van der Waals surface area contributed by atoms with Crippen LogP contribution in [0.2, 0.25) is 0 Å². The van der Waals surface area contributed by atoms with Crippen molar-refractivity contribution in [1.29, 1.82) is 0 Å². The maximum Gasteiger partial charge on any atom is 0.283 e. The molecule has 0 aliphatic heterocycles. The van der Waals surface area contributed by atoms with Gasteiger partial charge in [-0.15, -0.1) is 0 Å². The van der Waals surface area contributed by atoms with Crippen LogP contribution in [0.5, 0.6) is 17.2 Å². The molecule has 0 saturated carbocycles. The van der Waals surface area contributed by atoms with Crippen LogP contribution in [0.3, 0.4) is 0 Å². The molecule has 0 aliphatic rings. The summed E-state index contributed by atoms with van der Waals surface area (Å²) in [5, 5.41) is 9.67. The lowest BCUT2D eigenvalue weighted by Crippen LogP contribution is -2.19. The molecule has 7 nitrogen and oxygen atoms in total. The van der Waals surface area contributed by atoms with E-state index in [1.54, 1.807) is 25.1 Å². The lowest BCUT2D eigenvalue weighted by molar-refractivity contribution is 0.0983. The summed E-state index contributed by atoms with van der Waals surface area (Å²) >= 11 is 0. The number of nitrogens with zero attached hydrogens (tertiary/aromatic N) is 2. The largest absolute Gasteiger partial charge is 0.497 e. The number of pyridine rings is 1. The molecule has 0 spiro atoms. The molecule has 1 N–H and O–H groups in total. The summed E-state index contributed by atoms with van der Waals surface area (Å²) in [6.45, 7) is 2.16. The van der Waals surface area contributed by atoms with Crippen molar-refractivity contribution in [2.45, 2.75) is 6.92 Å². The molecule has 1 amide bonds. The van der Waals surface area contributed by atoms with Gasteiger partial charge in [0.1, 0.15) is 5.75 Å². The van der Waals surface area contributed by atoms with Crippen molar-refractivity contribution in [3.8, 4) is 17.2 Å². The second kappa shape index (κ2) is 7.35. The van der Waals surface area contributed by atoms with Gasteiger partial charge in [-0.3, -0.25) is 4.79 Å². The zero-order valence-electron chi connectivity index (χ0n) is 13.1. The normalized spacial score (nSPS) is 11.2. The Bertz CT molecular complexity index is 767. The lowest BCUT2D eigenvalue weighted by Gasteiger charge is -2.14. The number of carbonyl (C=O) groups is 1. The topological polar surface area (TPSA) is 82.3 Å². The number of rotatable bonds is 5. The number of carbonyl (C=O) groups excluding carboxylic acids is 1. The van der Waals surface area contributed by atoms with Gasteiger partial charge >= 0.3 is 0 Å². The standard InChI is InChI=1S/C16H18N2O5/c1-4-23-15-12(9-11(21-2)10-13(15)22-3)16(19)17-14-7-5-6-8-18(14)20/h5-10,20H,4H2,1-3H3. The monoisotopic (exact) mass is 318 g/mol. The van der Waals surface area contributed by atoms with Crippen LogP contribution in [-0.2, 0) is 0 Å². The number of hydrogen-bond acceptors (Lipinski definition) is 5. The summed E-state index contributed by atoms with van der Waals surface area (Å²) in [5.74, 6) is 0.507. The van der Waals surface area contributed by atoms with Crippen LogP contribution in [0.15, 0.2) is 41.5 Å². The van der Waals surface area contributed by atoms with E-state index in [9.17, 15) is 10.0 Å². The van der Waals surface area contributed by atoms with Crippen LogP contribution in [-0.4, -0.2) is 36.7 Å². The van der Waals surface area contributed by atoms with Crippen molar-refractivity contribution >= 4 is 5.91 Å². The van der Waals surface area contributed by atoms with Crippen molar-refractivity contribution in [3.63, 3.8) is 0 Å². The van der Waals surface area contributed by atoms with Gasteiger partial charge in [-0.25, -0.2) is 0 Å². The predicted octanol–water partition coefficient (Wildman–Crippen LogP) is 1.88. The zero-order valence-corrected chi connectivity index (χ0v) is 13.1. The Kier molecular flexibility index (Phi) is 5.24. The fourth-order valence-corrected chi connectivity index (χ4v) is 1.98. The number of hydrogen-bond donors (Lipinski definition) is 1. The van der Waals surface area contributed by atoms with E-state index in [0.29, 0.717) is 18.1 Å². The second-order valence-electron chi connectivity index (χ2n) is 4.46. The van der Waals surface area contributed by atoms with E-state index >= 15 is 0 Å². The van der Waals surface area contributed by atoms with Gasteiger partial charge in [0, 0.05) is 12.3 Å². The Balaban J connectivity index is 2.58. The van der Waals surface area contributed by atoms with Gasteiger partial charge in [0.05, 0.1) is 26.4 Å². The van der Waals surface area contributed by atoms with E-state index in [4.69, 9.17) is 14.2 Å². The van der Waals surface area contributed by atoms with Crippen LogP contribution in [0.1, 0.15) is 17.3 Å². The average Bonchev–Trinajstić information content (AvgIpc) is 2.57. The molecule has 0 bridgehead atoms. The summed E-state index contributed by atoms with van der Waals surface area (Å²) in [7, 11) is 2.96. The fraction of sp³-hybridized carbons (Fsp3) is 0.250. The Morgan fingerprint density at radius 2 is 2.04 bits per heavy atom. The van der Waals surface area contributed by atoms with Crippen LogP contribution in [0, 0.1) is 0 Å². The molecule has 1 aromatic heterocycles. The minimum Gasteiger partial charge on any atom is -0.497 e. The van der Waals surface area contributed by atoms with Gasteiger partial charge in [-0.2, -0.15) is 9.72 Å². The second-order valence-corrected chi connectivity index (χ2v) is 4.46. The Morgan fingerprint density at radius 1 is 1.26 bits per heavy atom. The molecule has 0 saturated heterocycles. The van der Waals surface area contributed by atoms with Gasteiger partial charge < -0.3 is 19.4 Å². The predicted molar refractivity (Wildman–Crippen MR) is 82.2 cm³/mol. The minimum absolute atomic E-state index is 0.0988. The number of benzene rings is 1. The third-order valence-electron chi connectivity index (χ3n) is 3.04. The van der Waals surface area contributed by atoms with Crippen molar-refractivity contribution in [2.75, 3.05) is 20.8 Å². The molecule has 0 unspecified atom stereocenters. The summed E-state index contributed by atoms with van der Waals surface area (Å²) in [6, 6.07) is 7.92. The quantitative estimate of drug-likeness (QED) is 0.851. The van der Waals surface area contributed by atoms with Crippen LogP contribution >= 0.6 is 0 Å². The summed E-state index contributed by atoms with van der Waals surface area (Å²) < 4.78 is 16.7. The summed E-state index contributed by atoms with van der Waals surface area (Å²) in [5.41, 5.74) is 0.286. The Morgan fingerprint density at radius 3 is 2.65 bits per heavy atom. The third kappa shape index (κ3) is 3.63. The van der Waals surface area contributed by atoms with E-state index in [-0.39, 0.29) is 16.8 Å². The Hall–Kier alpha value is -2.96. The first kappa shape index (κ1) is 16.4. The highest BCUT2D eigenvalue weighted by Crippen LogP contribution is 2.36. The molecular formula is C16H18N2O5. The first-order valence-corrected chi connectivity index (χ1v) is 6.95. The molecule has 0 radical (unpaired) electrons. The van der Waals surface area contributed by atoms with Gasteiger partial charge in [-0.1, -0.05) is 6.07 Å². The highest BCUT2D eigenvalue weighted by Gasteiger charge is 2.19. The van der Waals surface area contributed by atoms with E-state index in [1.165, 1.54) is 32.5 Å². The molecule has 0 fully saturated rings. The number of methoxy groups -OCH3 is 2. The van der Waals surface area contributed by atoms with Gasteiger partial charge in [0.15, 0.2) is 17.0 Å². The summed E-state index contributed by atoms with van der Waals surface area (Å²) in [4.78, 5) is 16.4. The van der Waals surface area contributed by atoms with Gasteiger partial charge in [0.2, 0.25) is 0 Å². The van der Waals surface area contributed by atoms with E-state index in [1.807, 2.05) is 0 Å².